The van der Waals surface area contributed by atoms with Crippen molar-refractivity contribution in [2.24, 2.45) is 17.3 Å². The number of nitrogens with zero attached hydrogens (tertiary/aromatic N) is 1. The van der Waals surface area contributed by atoms with Gasteiger partial charge in [0, 0.05) is 17.2 Å². The number of hydrogen-bond acceptors (Lipinski definition) is 3. The maximum Gasteiger partial charge on any atom is 0.496 e. The zero-order valence-electron chi connectivity index (χ0n) is 19.2. The van der Waals surface area contributed by atoms with Crippen molar-refractivity contribution in [3.05, 3.63) is 42.1 Å². The van der Waals surface area contributed by atoms with Gasteiger partial charge in [0.1, 0.15) is 0 Å². The maximum atomic E-state index is 6.20. The molecule has 0 N–H and O–H groups in total. The van der Waals surface area contributed by atoms with Gasteiger partial charge < -0.3 is 9.31 Å². The van der Waals surface area contributed by atoms with Crippen molar-refractivity contribution in [1.82, 2.24) is 4.98 Å². The second-order valence-electron chi connectivity index (χ2n) is 12.0. The number of aromatic nitrogens is 1. The Morgan fingerprint density at radius 3 is 2.52 bits per heavy atom. The highest BCUT2D eigenvalue weighted by Gasteiger charge is 2.66. The highest BCUT2D eigenvalue weighted by atomic mass is 16.7. The molecule has 2 saturated heterocycles. The van der Waals surface area contributed by atoms with E-state index in [2.05, 4.69) is 58.0 Å². The summed E-state index contributed by atoms with van der Waals surface area (Å²) in [5.41, 5.74) is 6.66. The first-order chi connectivity index (χ1) is 14.8. The summed E-state index contributed by atoms with van der Waals surface area (Å²) in [4.78, 5) is 4.83. The molecule has 1 spiro atoms. The smallest absolute Gasteiger partial charge is 0.399 e. The monoisotopic (exact) mass is 411 g/mol. The fourth-order valence-electron chi connectivity index (χ4n) is 7.80. The van der Waals surface area contributed by atoms with Gasteiger partial charge in [0.15, 0.2) is 6.71 Å². The van der Waals surface area contributed by atoms with Crippen LogP contribution in [-0.2, 0) is 9.31 Å². The predicted molar refractivity (Wildman–Crippen MR) is 126 cm³/mol. The van der Waals surface area contributed by atoms with Crippen LogP contribution in [0.1, 0.15) is 58.4 Å². The Labute approximate surface area is 186 Å². The first-order valence-corrected chi connectivity index (χ1v) is 12.2. The van der Waals surface area contributed by atoms with Crippen LogP contribution in [0.25, 0.3) is 11.3 Å². The fraction of sp³-hybridized carbons (Fsp3) is 0.577. The molecule has 4 atom stereocenters. The summed E-state index contributed by atoms with van der Waals surface area (Å²) in [5, 5.41) is 0. The maximum absolute atomic E-state index is 6.20. The third-order valence-corrected chi connectivity index (χ3v) is 10.2. The van der Waals surface area contributed by atoms with E-state index in [1.54, 1.807) is 11.0 Å². The van der Waals surface area contributed by atoms with Crippen molar-refractivity contribution in [2.75, 3.05) is 0 Å². The van der Waals surface area contributed by atoms with E-state index in [4.69, 9.17) is 14.3 Å². The van der Waals surface area contributed by atoms with Crippen LogP contribution in [0.3, 0.4) is 0 Å². The van der Waals surface area contributed by atoms with Gasteiger partial charge >= 0.3 is 7.12 Å². The summed E-state index contributed by atoms with van der Waals surface area (Å²) in [6, 6.07) is 11.5. The van der Waals surface area contributed by atoms with E-state index < -0.39 is 0 Å². The van der Waals surface area contributed by atoms with Crippen LogP contribution in [0.4, 0.5) is 0 Å². The minimum Gasteiger partial charge on any atom is -0.399 e. The van der Waals surface area contributed by atoms with Crippen LogP contribution in [0.5, 0.6) is 0 Å². The van der Waals surface area contributed by atoms with Gasteiger partial charge in [-0.25, -0.2) is 0 Å². The van der Waals surface area contributed by atoms with E-state index in [-0.39, 0.29) is 18.3 Å². The number of pyridine rings is 1. The molecule has 4 unspecified atom stereocenters. The molecule has 1 aromatic carbocycles. The molecule has 7 rings (SSSR count). The molecular formula is C26H31B2NO2. The lowest BCUT2D eigenvalue weighted by atomic mass is 9.41. The predicted octanol–water partition coefficient (Wildman–Crippen LogP) is 4.28. The molecule has 3 aliphatic heterocycles. The second kappa shape index (κ2) is 5.85. The van der Waals surface area contributed by atoms with E-state index in [1.165, 1.54) is 37.5 Å². The van der Waals surface area contributed by atoms with Crippen LogP contribution >= 0.6 is 0 Å². The molecule has 1 aromatic heterocycles. The van der Waals surface area contributed by atoms with Crippen LogP contribution in [0.2, 0.25) is 12.6 Å². The standard InChI is InChI=1S/C26H31B2NO2/c1-24(2)25(3,4)31-28(30-24)20-6-8-23(29-14-20)16-5-7-22-21(10-16)17-9-18-11-19-13-27(22)15-26(18,19)12-17/h5-8,10,14,17-19H,9,11-13,15H2,1-4H3. The van der Waals surface area contributed by atoms with Crippen molar-refractivity contribution >= 4 is 24.8 Å². The van der Waals surface area contributed by atoms with Gasteiger partial charge in [0.2, 0.25) is 0 Å². The summed E-state index contributed by atoms with van der Waals surface area (Å²) in [7, 11) is -0.352. The lowest BCUT2D eigenvalue weighted by Gasteiger charge is -2.49. The Balaban J connectivity index is 1.19. The Kier molecular flexibility index (Phi) is 3.58. The van der Waals surface area contributed by atoms with Gasteiger partial charge in [0.05, 0.1) is 16.9 Å². The second-order valence-corrected chi connectivity index (χ2v) is 12.0. The molecule has 3 nitrogen and oxygen atoms in total. The molecule has 3 bridgehead atoms. The van der Waals surface area contributed by atoms with E-state index in [9.17, 15) is 0 Å². The van der Waals surface area contributed by atoms with Crippen molar-refractivity contribution in [2.45, 2.75) is 76.7 Å². The topological polar surface area (TPSA) is 31.4 Å². The van der Waals surface area contributed by atoms with Gasteiger partial charge in [-0.15, -0.1) is 0 Å². The quantitative estimate of drug-likeness (QED) is 0.692. The van der Waals surface area contributed by atoms with Crippen molar-refractivity contribution in [3.8, 4) is 11.3 Å². The molecule has 4 fully saturated rings. The van der Waals surface area contributed by atoms with Crippen molar-refractivity contribution < 1.29 is 9.31 Å². The third-order valence-electron chi connectivity index (χ3n) is 10.2. The first kappa shape index (κ1) is 18.9. The van der Waals surface area contributed by atoms with Gasteiger partial charge in [-0.3, -0.25) is 4.98 Å². The number of fused-ring (bicyclic) bond motifs is 5. The van der Waals surface area contributed by atoms with Crippen LogP contribution in [0.15, 0.2) is 36.5 Å². The summed E-state index contributed by atoms with van der Waals surface area (Å²) in [5.74, 6) is 2.82. The van der Waals surface area contributed by atoms with Gasteiger partial charge in [0.25, 0.3) is 0 Å². The van der Waals surface area contributed by atoms with E-state index >= 15 is 0 Å². The summed E-state index contributed by atoms with van der Waals surface area (Å²) in [6.45, 7) is 9.17. The molecule has 2 saturated carbocycles. The van der Waals surface area contributed by atoms with E-state index in [1.807, 2.05) is 6.20 Å². The zero-order chi connectivity index (χ0) is 21.2. The largest absolute Gasteiger partial charge is 0.496 e. The number of hydrogen-bond donors (Lipinski definition) is 0. The minimum atomic E-state index is -0.352. The first-order valence-electron chi connectivity index (χ1n) is 12.2. The lowest BCUT2D eigenvalue weighted by molar-refractivity contribution is 0.00578. The Morgan fingerprint density at radius 1 is 0.968 bits per heavy atom. The molecule has 0 amide bonds. The highest BCUT2D eigenvalue weighted by Crippen LogP contribution is 2.72. The normalized spacial score (nSPS) is 35.7. The Morgan fingerprint density at radius 2 is 1.77 bits per heavy atom. The van der Waals surface area contributed by atoms with E-state index in [0.29, 0.717) is 0 Å². The average Bonchev–Trinajstić information content (AvgIpc) is 3.25. The molecule has 31 heavy (non-hydrogen) atoms. The molecule has 0 radical (unpaired) electrons. The molecule has 5 aliphatic rings. The van der Waals surface area contributed by atoms with Gasteiger partial charge in [-0.1, -0.05) is 36.3 Å². The van der Waals surface area contributed by atoms with Crippen LogP contribution < -0.4 is 10.9 Å². The lowest BCUT2D eigenvalue weighted by Crippen LogP contribution is -2.41. The van der Waals surface area contributed by atoms with Crippen molar-refractivity contribution in [3.63, 3.8) is 0 Å². The van der Waals surface area contributed by atoms with Gasteiger partial charge in [-0.05, 0) is 87.8 Å². The Hall–Kier alpha value is -1.58. The molecule has 2 aliphatic carbocycles. The molecular weight excluding hydrogens is 380 g/mol. The minimum absolute atomic E-state index is 0.327. The summed E-state index contributed by atoms with van der Waals surface area (Å²) in [6.07, 6.45) is 9.22. The fourth-order valence-corrected chi connectivity index (χ4v) is 7.80. The van der Waals surface area contributed by atoms with Gasteiger partial charge in [-0.2, -0.15) is 0 Å². The highest BCUT2D eigenvalue weighted by molar-refractivity contribution is 6.75. The number of rotatable bonds is 2. The van der Waals surface area contributed by atoms with Crippen LogP contribution in [0, 0.1) is 17.3 Å². The average molecular weight is 411 g/mol. The van der Waals surface area contributed by atoms with Crippen LogP contribution in [-0.4, -0.2) is 30.0 Å². The Bertz CT molecular complexity index is 1070. The summed E-state index contributed by atoms with van der Waals surface area (Å²) >= 11 is 0. The molecule has 4 heterocycles. The van der Waals surface area contributed by atoms with E-state index in [0.717, 1.165) is 41.0 Å². The molecule has 158 valence electrons. The SMILES string of the molecule is CC1(C)OB(c2ccc(-c3ccc4c(c3)C3CC5CC6CB4CC65C3)nc2)OC1(C)C. The zero-order valence-corrected chi connectivity index (χ0v) is 19.2. The summed E-state index contributed by atoms with van der Waals surface area (Å²) < 4.78 is 12.4. The van der Waals surface area contributed by atoms with Crippen molar-refractivity contribution in [1.29, 1.82) is 0 Å². The molecule has 2 aromatic rings. The number of benzene rings is 1. The molecule has 5 heteroatoms. The third kappa shape index (κ3) is 2.43.